The third-order valence-corrected chi connectivity index (χ3v) is 11.4. The van der Waals surface area contributed by atoms with E-state index in [1.54, 1.807) is 55.5 Å². The van der Waals surface area contributed by atoms with Gasteiger partial charge in [0.15, 0.2) is 5.69 Å². The standard InChI is InChI=1S/C24H21ClNO5PS2/c1-3-31-24(27)22-23(32(33,30-2)18-10-6-4-7-11-18)20-16-17(25)14-15-21(20)26(22)34(28,29)19-12-8-5-9-13-19/h4-16H,3H2,1-2H3. The minimum Gasteiger partial charge on any atom is -0.461 e. The van der Waals surface area contributed by atoms with Crippen LogP contribution >= 0.6 is 17.9 Å². The molecule has 0 spiro atoms. The van der Waals surface area contributed by atoms with Crippen LogP contribution in [0.4, 0.5) is 0 Å². The van der Waals surface area contributed by atoms with Gasteiger partial charge < -0.3 is 9.26 Å². The van der Waals surface area contributed by atoms with Crippen molar-refractivity contribution in [2.24, 2.45) is 0 Å². The molecule has 0 radical (unpaired) electrons. The zero-order chi connectivity index (χ0) is 24.5. The van der Waals surface area contributed by atoms with E-state index in [4.69, 9.17) is 32.7 Å². The van der Waals surface area contributed by atoms with Gasteiger partial charge in [-0.05, 0) is 37.3 Å². The van der Waals surface area contributed by atoms with E-state index in [2.05, 4.69) is 0 Å². The number of rotatable bonds is 7. The SMILES string of the molecule is CCOC(=O)c1c(P(=S)(OC)c2ccccc2)c2cc(Cl)ccc2n1S(=O)(=O)c1ccccc1. The normalized spacial score (nSPS) is 13.5. The van der Waals surface area contributed by atoms with E-state index in [9.17, 15) is 13.2 Å². The maximum Gasteiger partial charge on any atom is 0.356 e. The fourth-order valence-corrected chi connectivity index (χ4v) is 8.67. The Hall–Kier alpha value is -2.48. The third kappa shape index (κ3) is 4.10. The first-order valence-electron chi connectivity index (χ1n) is 10.3. The topological polar surface area (TPSA) is 74.6 Å². The second-order valence-corrected chi connectivity index (χ2v) is 13.4. The maximum atomic E-state index is 13.9. The van der Waals surface area contributed by atoms with Crippen molar-refractivity contribution in [1.82, 2.24) is 3.97 Å². The fourth-order valence-electron chi connectivity index (χ4n) is 3.79. The number of hydrogen-bond donors (Lipinski definition) is 0. The molecule has 1 aromatic heterocycles. The molecule has 0 bridgehead atoms. The molecule has 1 heterocycles. The van der Waals surface area contributed by atoms with Gasteiger partial charge in [-0.2, -0.15) is 0 Å². The molecule has 0 N–H and O–H groups in total. The van der Waals surface area contributed by atoms with Gasteiger partial charge in [0.05, 0.1) is 22.3 Å². The van der Waals surface area contributed by atoms with Crippen LogP contribution < -0.4 is 10.6 Å². The molecule has 6 nitrogen and oxygen atoms in total. The van der Waals surface area contributed by atoms with Crippen molar-refractivity contribution in [1.29, 1.82) is 0 Å². The number of carbonyl (C=O) groups excluding carboxylic acids is 1. The number of fused-ring (bicyclic) bond motifs is 1. The number of aromatic nitrogens is 1. The van der Waals surface area contributed by atoms with Gasteiger partial charge in [-0.25, -0.2) is 17.2 Å². The Bertz CT molecular complexity index is 1520. The number of hydrogen-bond acceptors (Lipinski definition) is 6. The molecule has 0 fully saturated rings. The molecule has 0 saturated heterocycles. The van der Waals surface area contributed by atoms with E-state index in [1.165, 1.54) is 19.2 Å². The summed E-state index contributed by atoms with van der Waals surface area (Å²) in [6.45, 7) is 1.70. The maximum absolute atomic E-state index is 13.9. The predicted molar refractivity (Wildman–Crippen MR) is 139 cm³/mol. The summed E-state index contributed by atoms with van der Waals surface area (Å²) in [7, 11) is -2.75. The van der Waals surface area contributed by atoms with Crippen LogP contribution in [-0.2, 0) is 31.1 Å². The average Bonchev–Trinajstić information content (AvgIpc) is 3.20. The second kappa shape index (κ2) is 9.64. The van der Waals surface area contributed by atoms with Crippen molar-refractivity contribution in [3.63, 3.8) is 0 Å². The summed E-state index contributed by atoms with van der Waals surface area (Å²) in [5, 5.41) is 1.73. The van der Waals surface area contributed by atoms with Gasteiger partial charge in [0, 0.05) is 22.8 Å². The van der Waals surface area contributed by atoms with Gasteiger partial charge >= 0.3 is 5.97 Å². The molecule has 0 saturated carbocycles. The molecule has 176 valence electrons. The van der Waals surface area contributed by atoms with Crippen molar-refractivity contribution in [3.8, 4) is 0 Å². The first kappa shape index (κ1) is 24.6. The Labute approximate surface area is 208 Å². The lowest BCUT2D eigenvalue weighted by molar-refractivity contribution is 0.0520. The predicted octanol–water partition coefficient (Wildman–Crippen LogP) is 4.70. The Morgan fingerprint density at radius 3 is 2.24 bits per heavy atom. The Kier molecular flexibility index (Phi) is 6.99. The largest absolute Gasteiger partial charge is 0.461 e. The van der Waals surface area contributed by atoms with Crippen molar-refractivity contribution in [2.45, 2.75) is 11.8 Å². The van der Waals surface area contributed by atoms with E-state index in [-0.39, 0.29) is 28.0 Å². The molecule has 0 aliphatic carbocycles. The lowest BCUT2D eigenvalue weighted by Gasteiger charge is -2.22. The molecule has 0 aliphatic rings. The highest BCUT2D eigenvalue weighted by atomic mass is 35.5. The average molecular weight is 534 g/mol. The first-order valence-corrected chi connectivity index (χ1v) is 14.8. The van der Waals surface area contributed by atoms with Crippen LogP contribution in [0.5, 0.6) is 0 Å². The highest BCUT2D eigenvalue weighted by Gasteiger charge is 2.38. The molecular weight excluding hydrogens is 513 g/mol. The van der Waals surface area contributed by atoms with E-state index < -0.39 is 22.3 Å². The number of benzene rings is 3. The molecule has 4 aromatic rings. The van der Waals surface area contributed by atoms with Gasteiger partial charge in [-0.3, -0.25) is 0 Å². The van der Waals surface area contributed by atoms with E-state index in [1.807, 2.05) is 18.2 Å². The van der Waals surface area contributed by atoms with Crippen LogP contribution in [0.3, 0.4) is 0 Å². The van der Waals surface area contributed by atoms with Crippen LogP contribution in [0, 0.1) is 0 Å². The molecular formula is C24H21ClNO5PS2. The van der Waals surface area contributed by atoms with Crippen LogP contribution in [-0.4, -0.2) is 32.1 Å². The number of halogens is 1. The van der Waals surface area contributed by atoms with Gasteiger partial charge in [-0.1, -0.05) is 71.9 Å². The Morgan fingerprint density at radius 1 is 1.03 bits per heavy atom. The monoisotopic (exact) mass is 533 g/mol. The third-order valence-electron chi connectivity index (χ3n) is 5.26. The van der Waals surface area contributed by atoms with Crippen LogP contribution in [0.2, 0.25) is 5.02 Å². The summed E-state index contributed by atoms with van der Waals surface area (Å²) in [6.07, 6.45) is -3.14. The number of esters is 1. The van der Waals surface area contributed by atoms with E-state index >= 15 is 0 Å². The minimum atomic E-state index is -4.21. The molecule has 34 heavy (non-hydrogen) atoms. The van der Waals surface area contributed by atoms with Gasteiger partial charge in [0.25, 0.3) is 10.0 Å². The van der Waals surface area contributed by atoms with Crippen molar-refractivity contribution < 1.29 is 22.5 Å². The summed E-state index contributed by atoms with van der Waals surface area (Å²) >= 11 is 12.4. The lowest BCUT2D eigenvalue weighted by Crippen LogP contribution is -2.27. The second-order valence-electron chi connectivity index (χ2n) is 7.23. The first-order chi connectivity index (χ1) is 16.3. The van der Waals surface area contributed by atoms with Crippen molar-refractivity contribution in [2.75, 3.05) is 13.7 Å². The zero-order valence-electron chi connectivity index (χ0n) is 18.3. The molecule has 10 heteroatoms. The summed E-state index contributed by atoms with van der Waals surface area (Å²) in [5.41, 5.74) is 0.0746. The fraction of sp³-hybridized carbons (Fsp3) is 0.125. The highest BCUT2D eigenvalue weighted by molar-refractivity contribution is 8.19. The molecule has 3 aromatic carbocycles. The highest BCUT2D eigenvalue weighted by Crippen LogP contribution is 2.48. The summed E-state index contributed by atoms with van der Waals surface area (Å²) in [4.78, 5) is 13.4. The summed E-state index contributed by atoms with van der Waals surface area (Å²) in [5.74, 6) is -0.813. The smallest absolute Gasteiger partial charge is 0.356 e. The van der Waals surface area contributed by atoms with E-state index in [0.717, 1.165) is 3.97 Å². The van der Waals surface area contributed by atoms with Gasteiger partial charge in [-0.15, -0.1) is 0 Å². The zero-order valence-corrected chi connectivity index (χ0v) is 21.6. The summed E-state index contributed by atoms with van der Waals surface area (Å²) in [6, 6.07) is 21.7. The van der Waals surface area contributed by atoms with E-state index in [0.29, 0.717) is 15.7 Å². The van der Waals surface area contributed by atoms with Crippen LogP contribution in [0.15, 0.2) is 83.8 Å². The van der Waals surface area contributed by atoms with Gasteiger partial charge in [0.1, 0.15) is 6.26 Å². The Morgan fingerprint density at radius 2 is 1.65 bits per heavy atom. The molecule has 0 aliphatic heterocycles. The quantitative estimate of drug-likeness (QED) is 0.253. The van der Waals surface area contributed by atoms with Gasteiger partial charge in [0.2, 0.25) is 0 Å². The lowest BCUT2D eigenvalue weighted by atomic mass is 10.2. The molecule has 0 amide bonds. The summed E-state index contributed by atoms with van der Waals surface area (Å²) < 4.78 is 40.0. The Balaban J connectivity index is 2.22. The number of nitrogens with zero attached hydrogens (tertiary/aromatic N) is 1. The van der Waals surface area contributed by atoms with Crippen LogP contribution in [0.25, 0.3) is 10.9 Å². The minimum absolute atomic E-state index is 0.0179. The van der Waals surface area contributed by atoms with Crippen molar-refractivity contribution in [3.05, 3.63) is 89.6 Å². The molecule has 1 unspecified atom stereocenters. The van der Waals surface area contributed by atoms with Crippen LogP contribution in [0.1, 0.15) is 17.4 Å². The number of ether oxygens (including phenoxy) is 1. The number of carbonyl (C=O) groups is 1. The van der Waals surface area contributed by atoms with Crippen molar-refractivity contribution >= 4 is 67.2 Å². The molecule has 4 rings (SSSR count). The molecule has 1 atom stereocenters.